The average molecular weight is 244 g/mol. The summed E-state index contributed by atoms with van der Waals surface area (Å²) in [4.78, 5) is 0. The number of methoxy groups -OCH3 is 1. The molecule has 0 aliphatic rings. The van der Waals surface area contributed by atoms with Gasteiger partial charge in [0.15, 0.2) is 0 Å². The Morgan fingerprint density at radius 2 is 2.07 bits per heavy atom. The second kappa shape index (κ2) is 5.25. The summed E-state index contributed by atoms with van der Waals surface area (Å²) >= 11 is 12.0. The third-order valence-electron chi connectivity index (χ3n) is 2.21. The number of ether oxygens (including phenoxy) is 1. The van der Waals surface area contributed by atoms with E-state index in [0.29, 0.717) is 22.2 Å². The van der Waals surface area contributed by atoms with Crippen molar-refractivity contribution in [3.05, 3.63) is 27.7 Å². The summed E-state index contributed by atoms with van der Waals surface area (Å²) in [5, 5.41) is 9.93. The first kappa shape index (κ1) is 12.2. The fourth-order valence-electron chi connectivity index (χ4n) is 1.35. The van der Waals surface area contributed by atoms with Gasteiger partial charge in [-0.05, 0) is 18.1 Å². The fourth-order valence-corrected chi connectivity index (χ4v) is 1.88. The van der Waals surface area contributed by atoms with E-state index in [1.54, 1.807) is 12.1 Å². The third kappa shape index (κ3) is 2.56. The van der Waals surface area contributed by atoms with Gasteiger partial charge in [0.1, 0.15) is 5.75 Å². The van der Waals surface area contributed by atoms with Crippen LogP contribution in [0.5, 0.6) is 5.75 Å². The third-order valence-corrected chi connectivity index (χ3v) is 2.83. The molecule has 0 saturated heterocycles. The van der Waals surface area contributed by atoms with E-state index in [2.05, 4.69) is 6.07 Å². The zero-order valence-corrected chi connectivity index (χ0v) is 10.1. The number of nitrogens with zero attached hydrogens (tertiary/aromatic N) is 1. The first-order valence-electron chi connectivity index (χ1n) is 4.56. The van der Waals surface area contributed by atoms with E-state index < -0.39 is 0 Å². The van der Waals surface area contributed by atoms with Crippen molar-refractivity contribution in [1.82, 2.24) is 0 Å². The highest BCUT2D eigenvalue weighted by atomic mass is 35.5. The molecule has 0 heterocycles. The lowest BCUT2D eigenvalue weighted by molar-refractivity contribution is 0.415. The van der Waals surface area contributed by atoms with Crippen LogP contribution in [0, 0.1) is 11.3 Å². The molecule has 0 fully saturated rings. The number of nitriles is 1. The summed E-state index contributed by atoms with van der Waals surface area (Å²) in [7, 11) is 1.53. The topological polar surface area (TPSA) is 33.0 Å². The second-order valence-electron chi connectivity index (χ2n) is 3.10. The molecular formula is C11H11Cl2NO. The minimum Gasteiger partial charge on any atom is -0.495 e. The van der Waals surface area contributed by atoms with Crippen LogP contribution in [0.3, 0.4) is 0 Å². The lowest BCUT2D eigenvalue weighted by Crippen LogP contribution is -1.96. The summed E-state index contributed by atoms with van der Waals surface area (Å²) in [6, 6.07) is 5.52. The SMILES string of the molecule is CCC(C#N)c1cc(Cl)c(OC)cc1Cl. The summed E-state index contributed by atoms with van der Waals surface area (Å²) in [5.41, 5.74) is 0.757. The Morgan fingerprint density at radius 1 is 1.40 bits per heavy atom. The van der Waals surface area contributed by atoms with Crippen LogP contribution < -0.4 is 4.74 Å². The zero-order chi connectivity index (χ0) is 11.4. The van der Waals surface area contributed by atoms with Gasteiger partial charge in [0.25, 0.3) is 0 Å². The van der Waals surface area contributed by atoms with Crippen LogP contribution in [0.4, 0.5) is 0 Å². The van der Waals surface area contributed by atoms with E-state index in [-0.39, 0.29) is 5.92 Å². The van der Waals surface area contributed by atoms with E-state index in [4.69, 9.17) is 33.2 Å². The van der Waals surface area contributed by atoms with E-state index in [1.165, 1.54) is 7.11 Å². The van der Waals surface area contributed by atoms with E-state index in [1.807, 2.05) is 6.92 Å². The number of halogens is 2. The normalized spacial score (nSPS) is 11.9. The van der Waals surface area contributed by atoms with Crippen LogP contribution in [0.15, 0.2) is 12.1 Å². The molecule has 0 amide bonds. The second-order valence-corrected chi connectivity index (χ2v) is 3.91. The van der Waals surface area contributed by atoms with Crippen molar-refractivity contribution >= 4 is 23.2 Å². The Kier molecular flexibility index (Phi) is 4.26. The largest absolute Gasteiger partial charge is 0.495 e. The molecule has 0 bridgehead atoms. The Hall–Kier alpha value is -0.910. The van der Waals surface area contributed by atoms with Gasteiger partial charge in [-0.2, -0.15) is 5.26 Å². The molecule has 0 aromatic heterocycles. The number of benzene rings is 1. The van der Waals surface area contributed by atoms with Gasteiger partial charge in [0.05, 0.1) is 24.1 Å². The van der Waals surface area contributed by atoms with Gasteiger partial charge < -0.3 is 4.74 Å². The molecule has 1 unspecified atom stereocenters. The molecule has 0 N–H and O–H groups in total. The number of hydrogen-bond donors (Lipinski definition) is 0. The van der Waals surface area contributed by atoms with Crippen molar-refractivity contribution < 1.29 is 4.74 Å². The maximum Gasteiger partial charge on any atom is 0.138 e. The molecule has 80 valence electrons. The Labute approximate surface area is 99.4 Å². The average Bonchev–Trinajstić information content (AvgIpc) is 2.24. The van der Waals surface area contributed by atoms with Crippen molar-refractivity contribution in [1.29, 1.82) is 5.26 Å². The predicted molar refractivity (Wildman–Crippen MR) is 61.7 cm³/mol. The molecule has 1 atom stereocenters. The highest BCUT2D eigenvalue weighted by Gasteiger charge is 2.15. The van der Waals surface area contributed by atoms with Crippen LogP contribution in [-0.4, -0.2) is 7.11 Å². The van der Waals surface area contributed by atoms with Gasteiger partial charge in [-0.25, -0.2) is 0 Å². The van der Waals surface area contributed by atoms with Crippen molar-refractivity contribution in [3.63, 3.8) is 0 Å². The highest BCUT2D eigenvalue weighted by molar-refractivity contribution is 6.34. The first-order chi connectivity index (χ1) is 7.13. The smallest absolute Gasteiger partial charge is 0.138 e. The van der Waals surface area contributed by atoms with Gasteiger partial charge in [-0.15, -0.1) is 0 Å². The van der Waals surface area contributed by atoms with Crippen LogP contribution in [-0.2, 0) is 0 Å². The van der Waals surface area contributed by atoms with Crippen LogP contribution in [0.1, 0.15) is 24.8 Å². The van der Waals surface area contributed by atoms with Crippen LogP contribution in [0.25, 0.3) is 0 Å². The maximum atomic E-state index is 8.94. The summed E-state index contributed by atoms with van der Waals surface area (Å²) in [6.45, 7) is 1.93. The highest BCUT2D eigenvalue weighted by Crippen LogP contribution is 2.35. The standard InChI is InChI=1S/C11H11Cl2NO/c1-3-7(6-14)8-4-10(13)11(15-2)5-9(8)12/h4-5,7H,3H2,1-2H3. The molecule has 4 heteroatoms. The quantitative estimate of drug-likeness (QED) is 0.804. The fraction of sp³-hybridized carbons (Fsp3) is 0.364. The number of rotatable bonds is 3. The zero-order valence-electron chi connectivity index (χ0n) is 8.55. The van der Waals surface area contributed by atoms with Crippen LogP contribution >= 0.6 is 23.2 Å². The van der Waals surface area contributed by atoms with Crippen molar-refractivity contribution in [2.75, 3.05) is 7.11 Å². The Balaban J connectivity index is 3.22. The molecular weight excluding hydrogens is 233 g/mol. The maximum absolute atomic E-state index is 8.94. The molecule has 1 aromatic rings. The van der Waals surface area contributed by atoms with Gasteiger partial charge in [0.2, 0.25) is 0 Å². The molecule has 0 spiro atoms. The Morgan fingerprint density at radius 3 is 2.53 bits per heavy atom. The lowest BCUT2D eigenvalue weighted by Gasteiger charge is -2.11. The van der Waals surface area contributed by atoms with Gasteiger partial charge >= 0.3 is 0 Å². The molecule has 0 saturated carbocycles. The van der Waals surface area contributed by atoms with Gasteiger partial charge in [0, 0.05) is 11.1 Å². The van der Waals surface area contributed by atoms with E-state index >= 15 is 0 Å². The minimum absolute atomic E-state index is 0.221. The molecule has 1 rings (SSSR count). The van der Waals surface area contributed by atoms with E-state index in [9.17, 15) is 0 Å². The molecule has 2 nitrogen and oxygen atoms in total. The molecule has 15 heavy (non-hydrogen) atoms. The summed E-state index contributed by atoms with van der Waals surface area (Å²) in [5.74, 6) is 0.305. The van der Waals surface area contributed by atoms with Crippen molar-refractivity contribution in [2.45, 2.75) is 19.3 Å². The lowest BCUT2D eigenvalue weighted by atomic mass is 9.98. The predicted octanol–water partition coefficient (Wildman–Crippen LogP) is 4.02. The Bertz CT molecular complexity index is 398. The molecule has 1 aromatic carbocycles. The number of hydrogen-bond acceptors (Lipinski definition) is 2. The van der Waals surface area contributed by atoms with Crippen molar-refractivity contribution in [2.24, 2.45) is 0 Å². The summed E-state index contributed by atoms with van der Waals surface area (Å²) in [6.07, 6.45) is 0.707. The first-order valence-corrected chi connectivity index (χ1v) is 5.32. The molecule has 0 aliphatic carbocycles. The summed E-state index contributed by atoms with van der Waals surface area (Å²) < 4.78 is 5.03. The molecule has 0 radical (unpaired) electrons. The van der Waals surface area contributed by atoms with Crippen LogP contribution in [0.2, 0.25) is 10.0 Å². The van der Waals surface area contributed by atoms with Crippen molar-refractivity contribution in [3.8, 4) is 11.8 Å². The molecule has 0 aliphatic heterocycles. The minimum atomic E-state index is -0.221. The van der Waals surface area contributed by atoms with Gasteiger partial charge in [-0.1, -0.05) is 30.1 Å². The van der Waals surface area contributed by atoms with Gasteiger partial charge in [-0.3, -0.25) is 0 Å². The monoisotopic (exact) mass is 243 g/mol. The van der Waals surface area contributed by atoms with E-state index in [0.717, 1.165) is 5.56 Å².